The Morgan fingerprint density at radius 1 is 0.833 bits per heavy atom. The topological polar surface area (TPSA) is 59.7 Å². The first-order valence-corrected chi connectivity index (χ1v) is 13.9. The predicted molar refractivity (Wildman–Crippen MR) is 155 cm³/mol. The molecule has 220 valence electrons. The molecule has 0 radical (unpaired) electrons. The molecule has 2 atom stereocenters. The van der Waals surface area contributed by atoms with Crippen LogP contribution in [0.15, 0.2) is 96.1 Å². The van der Waals surface area contributed by atoms with E-state index in [4.69, 9.17) is 4.74 Å². The van der Waals surface area contributed by atoms with Gasteiger partial charge in [-0.05, 0) is 61.4 Å². The van der Waals surface area contributed by atoms with Gasteiger partial charge in [0.1, 0.15) is 6.04 Å². The number of halogens is 3. The lowest BCUT2D eigenvalue weighted by Gasteiger charge is -2.39. The van der Waals surface area contributed by atoms with E-state index in [0.29, 0.717) is 30.9 Å². The maximum absolute atomic E-state index is 13.2. The van der Waals surface area contributed by atoms with Gasteiger partial charge in [0.05, 0.1) is 23.9 Å². The molecule has 1 aliphatic heterocycles. The van der Waals surface area contributed by atoms with E-state index in [1.807, 2.05) is 61.5 Å². The minimum Gasteiger partial charge on any atom is -0.465 e. The van der Waals surface area contributed by atoms with Gasteiger partial charge in [0.15, 0.2) is 0 Å². The second-order valence-electron chi connectivity index (χ2n) is 10.3. The Balaban J connectivity index is 1.26. The van der Waals surface area contributed by atoms with Crippen LogP contribution in [0.5, 0.6) is 0 Å². The number of hydrogen-bond acceptors (Lipinski definition) is 5. The number of benzene rings is 3. The maximum atomic E-state index is 13.2. The molecule has 4 aromatic rings. The van der Waals surface area contributed by atoms with Crippen LogP contribution in [0.1, 0.15) is 42.6 Å². The molecule has 0 spiro atoms. The average molecular weight is 579 g/mol. The third-order valence-corrected chi connectivity index (χ3v) is 7.74. The van der Waals surface area contributed by atoms with E-state index >= 15 is 0 Å². The van der Waals surface area contributed by atoms with E-state index in [2.05, 4.69) is 9.80 Å². The normalized spacial score (nSPS) is 15.8. The van der Waals surface area contributed by atoms with Crippen LogP contribution in [0.3, 0.4) is 0 Å². The Kier molecular flexibility index (Phi) is 8.54. The van der Waals surface area contributed by atoms with Crippen LogP contribution in [-0.2, 0) is 15.7 Å². The zero-order chi connectivity index (χ0) is 29.9. The van der Waals surface area contributed by atoms with E-state index in [1.165, 1.54) is 21.3 Å². The summed E-state index contributed by atoms with van der Waals surface area (Å²) in [4.78, 5) is 30.4. The molecule has 7 nitrogen and oxygen atoms in total. The van der Waals surface area contributed by atoms with Gasteiger partial charge < -0.3 is 9.64 Å². The number of hydrogen-bond donors (Lipinski definition) is 0. The molecule has 2 heterocycles. The lowest BCUT2D eigenvalue weighted by molar-refractivity contribution is -0.150. The van der Waals surface area contributed by atoms with Gasteiger partial charge in [0.25, 0.3) is 0 Å². The summed E-state index contributed by atoms with van der Waals surface area (Å²) < 4.78 is 47.2. The first-order chi connectivity index (χ1) is 20.2. The number of nitrogens with zero attached hydrogens (tertiary/aromatic N) is 4. The van der Waals surface area contributed by atoms with Crippen LogP contribution in [0.2, 0.25) is 0 Å². The number of imidazole rings is 1. The summed E-state index contributed by atoms with van der Waals surface area (Å²) in [6.07, 6.45) is -1.10. The van der Waals surface area contributed by atoms with E-state index in [9.17, 15) is 22.8 Å². The van der Waals surface area contributed by atoms with Gasteiger partial charge in [-0.2, -0.15) is 13.2 Å². The summed E-state index contributed by atoms with van der Waals surface area (Å²) >= 11 is 0. The number of ether oxygens (including phenoxy) is 1. The van der Waals surface area contributed by atoms with Crippen molar-refractivity contribution in [2.24, 2.45) is 0 Å². The van der Waals surface area contributed by atoms with Crippen molar-refractivity contribution in [2.45, 2.75) is 32.1 Å². The Bertz CT molecular complexity index is 1540. The largest absolute Gasteiger partial charge is 0.465 e. The smallest absolute Gasteiger partial charge is 0.416 e. The van der Waals surface area contributed by atoms with Crippen molar-refractivity contribution in [3.63, 3.8) is 0 Å². The van der Waals surface area contributed by atoms with Crippen LogP contribution < -0.4 is 10.6 Å². The Labute approximate surface area is 242 Å². The molecule has 5 rings (SSSR count). The molecule has 0 amide bonds. The van der Waals surface area contributed by atoms with Crippen LogP contribution in [0.4, 0.5) is 18.9 Å². The molecule has 10 heteroatoms. The van der Waals surface area contributed by atoms with Gasteiger partial charge in [0, 0.05) is 44.3 Å². The van der Waals surface area contributed by atoms with Crippen molar-refractivity contribution in [3.05, 3.63) is 118 Å². The first-order valence-electron chi connectivity index (χ1n) is 13.9. The fraction of sp³-hybridized carbons (Fsp3) is 0.312. The van der Waals surface area contributed by atoms with Crippen molar-refractivity contribution in [1.82, 2.24) is 14.0 Å². The number of carbonyl (C=O) groups is 1. The summed E-state index contributed by atoms with van der Waals surface area (Å²) in [7, 11) is 0. The minimum absolute atomic E-state index is 0.244. The third-order valence-electron chi connectivity index (χ3n) is 7.74. The lowest BCUT2D eigenvalue weighted by Crippen LogP contribution is -2.49. The number of piperazine rings is 1. The summed E-state index contributed by atoms with van der Waals surface area (Å²) in [5.41, 5.74) is 2.21. The van der Waals surface area contributed by atoms with Gasteiger partial charge >= 0.3 is 17.8 Å². The number of anilines is 1. The second kappa shape index (κ2) is 12.3. The molecule has 0 N–H and O–H groups in total. The molecular weight excluding hydrogens is 545 g/mol. The summed E-state index contributed by atoms with van der Waals surface area (Å²) in [6.45, 7) is 6.74. The van der Waals surface area contributed by atoms with Crippen LogP contribution >= 0.6 is 0 Å². The number of carbonyl (C=O) groups excluding carboxylic acids is 1. The van der Waals surface area contributed by atoms with Crippen molar-refractivity contribution >= 4 is 11.7 Å². The highest BCUT2D eigenvalue weighted by Crippen LogP contribution is 2.30. The molecular formula is C32H33F3N4O3. The molecule has 0 unspecified atom stereocenters. The van der Waals surface area contributed by atoms with Crippen molar-refractivity contribution < 1.29 is 22.7 Å². The zero-order valence-electron chi connectivity index (χ0n) is 23.5. The van der Waals surface area contributed by atoms with Gasteiger partial charge in [-0.25, -0.2) is 9.59 Å². The Morgan fingerprint density at radius 3 is 2.05 bits per heavy atom. The number of alkyl halides is 3. The molecule has 0 bridgehead atoms. The quantitative estimate of drug-likeness (QED) is 0.252. The molecule has 1 aliphatic rings. The predicted octanol–water partition coefficient (Wildman–Crippen LogP) is 5.69. The third kappa shape index (κ3) is 6.13. The summed E-state index contributed by atoms with van der Waals surface area (Å²) in [5.74, 6) is -0.244. The van der Waals surface area contributed by atoms with Crippen LogP contribution in [0, 0.1) is 0 Å². The summed E-state index contributed by atoms with van der Waals surface area (Å²) in [5, 5.41) is 0. The standard InChI is InChI=1S/C32H33F3N4O3/c1-3-42-30(40)29(25-7-5-4-6-8-25)37-19-17-36(18-20-37)27-13-15-28(16-14-27)39-22-21-38(31(39)41)23(2)24-9-11-26(12-10-24)32(33,34)35/h4-16,21-23,29H,3,17-20H2,1-2H3/t23-,29+/m1/s1. The molecule has 0 saturated carbocycles. The minimum atomic E-state index is -4.41. The van der Waals surface area contributed by atoms with E-state index < -0.39 is 23.8 Å². The fourth-order valence-electron chi connectivity index (χ4n) is 5.41. The highest BCUT2D eigenvalue weighted by Gasteiger charge is 2.32. The monoisotopic (exact) mass is 578 g/mol. The molecule has 0 aliphatic carbocycles. The molecule has 1 fully saturated rings. The Morgan fingerprint density at radius 2 is 1.45 bits per heavy atom. The van der Waals surface area contributed by atoms with Crippen LogP contribution in [0.25, 0.3) is 5.69 Å². The van der Waals surface area contributed by atoms with E-state index in [-0.39, 0.29) is 11.7 Å². The van der Waals surface area contributed by atoms with Crippen molar-refractivity contribution in [2.75, 3.05) is 37.7 Å². The number of esters is 1. The summed E-state index contributed by atoms with van der Waals surface area (Å²) in [6, 6.07) is 21.3. The first kappa shape index (κ1) is 29.2. The van der Waals surface area contributed by atoms with Gasteiger partial charge in [-0.3, -0.25) is 14.0 Å². The second-order valence-corrected chi connectivity index (χ2v) is 10.3. The highest BCUT2D eigenvalue weighted by molar-refractivity contribution is 5.77. The van der Waals surface area contributed by atoms with Gasteiger partial charge in [-0.15, -0.1) is 0 Å². The number of rotatable bonds is 8. The SMILES string of the molecule is CCOC(=O)[C@H](c1ccccc1)N1CCN(c2ccc(-n3ccn([C@H](C)c4ccc(C(F)(F)F)cc4)c3=O)cc2)CC1. The number of aromatic nitrogens is 2. The zero-order valence-corrected chi connectivity index (χ0v) is 23.5. The van der Waals surface area contributed by atoms with E-state index in [0.717, 1.165) is 36.5 Å². The molecule has 1 saturated heterocycles. The average Bonchev–Trinajstić information content (AvgIpc) is 3.38. The van der Waals surface area contributed by atoms with Gasteiger partial charge in [-0.1, -0.05) is 42.5 Å². The lowest BCUT2D eigenvalue weighted by atomic mass is 10.0. The van der Waals surface area contributed by atoms with Crippen molar-refractivity contribution in [1.29, 1.82) is 0 Å². The Hall–Kier alpha value is -4.31. The molecule has 3 aromatic carbocycles. The van der Waals surface area contributed by atoms with Crippen LogP contribution in [-0.4, -0.2) is 52.8 Å². The van der Waals surface area contributed by atoms with Crippen molar-refractivity contribution in [3.8, 4) is 5.69 Å². The highest BCUT2D eigenvalue weighted by atomic mass is 19.4. The molecule has 42 heavy (non-hydrogen) atoms. The van der Waals surface area contributed by atoms with Gasteiger partial charge in [0.2, 0.25) is 0 Å². The van der Waals surface area contributed by atoms with E-state index in [1.54, 1.807) is 19.3 Å². The maximum Gasteiger partial charge on any atom is 0.416 e. The molecule has 1 aromatic heterocycles. The fourth-order valence-corrected chi connectivity index (χ4v) is 5.41.